The van der Waals surface area contributed by atoms with Crippen molar-refractivity contribution in [1.82, 2.24) is 10.2 Å². The van der Waals surface area contributed by atoms with Crippen molar-refractivity contribution >= 4 is 23.4 Å². The summed E-state index contributed by atoms with van der Waals surface area (Å²) in [6.45, 7) is 4.14. The van der Waals surface area contributed by atoms with Gasteiger partial charge in [-0.3, -0.25) is 9.59 Å². The molecule has 0 bridgehead atoms. The van der Waals surface area contributed by atoms with E-state index in [-0.39, 0.29) is 17.9 Å². The Labute approximate surface area is 155 Å². The van der Waals surface area contributed by atoms with E-state index in [0.29, 0.717) is 24.4 Å². The number of rotatable bonds is 7. The van der Waals surface area contributed by atoms with Crippen LogP contribution in [0.25, 0.3) is 0 Å². The Balaban J connectivity index is 2.13. The highest BCUT2D eigenvalue weighted by atomic mass is 35.5. The zero-order chi connectivity index (χ0) is 18.2. The van der Waals surface area contributed by atoms with Gasteiger partial charge in [0.05, 0.1) is 0 Å². The molecule has 138 valence electrons. The third-order valence-corrected chi connectivity index (χ3v) is 5.31. The van der Waals surface area contributed by atoms with Crippen LogP contribution in [0, 0.1) is 0 Å². The number of halogens is 1. The predicted octanol–water partition coefficient (Wildman–Crippen LogP) is 4.31. The molecule has 0 radical (unpaired) electrons. The molecular weight excluding hydrogens is 336 g/mol. The molecule has 25 heavy (non-hydrogen) atoms. The molecular formula is C20H29ClN2O2. The second-order valence-corrected chi connectivity index (χ2v) is 7.14. The first-order valence-corrected chi connectivity index (χ1v) is 9.77. The minimum Gasteiger partial charge on any atom is -0.352 e. The molecule has 1 aliphatic carbocycles. The molecule has 1 aromatic rings. The molecule has 1 atom stereocenters. The largest absolute Gasteiger partial charge is 0.352 e. The van der Waals surface area contributed by atoms with Crippen molar-refractivity contribution < 1.29 is 9.59 Å². The second-order valence-electron chi connectivity index (χ2n) is 6.73. The van der Waals surface area contributed by atoms with Gasteiger partial charge in [0, 0.05) is 24.0 Å². The number of benzene rings is 1. The Kier molecular flexibility index (Phi) is 7.76. The molecule has 1 unspecified atom stereocenters. The van der Waals surface area contributed by atoms with E-state index in [1.54, 1.807) is 4.90 Å². The maximum Gasteiger partial charge on any atom is 0.243 e. The molecule has 1 N–H and O–H groups in total. The molecule has 2 rings (SSSR count). The molecule has 0 saturated heterocycles. The van der Waals surface area contributed by atoms with Crippen LogP contribution >= 0.6 is 11.6 Å². The molecule has 2 amide bonds. The fourth-order valence-electron chi connectivity index (χ4n) is 3.48. The monoisotopic (exact) mass is 364 g/mol. The second kappa shape index (κ2) is 9.81. The van der Waals surface area contributed by atoms with Crippen LogP contribution in [0.1, 0.15) is 64.4 Å². The molecule has 5 heteroatoms. The Morgan fingerprint density at radius 1 is 1.20 bits per heavy atom. The normalized spacial score (nSPS) is 16.3. The summed E-state index contributed by atoms with van der Waals surface area (Å²) in [6, 6.07) is 7.28. The number of amides is 2. The molecule has 0 heterocycles. The van der Waals surface area contributed by atoms with Gasteiger partial charge in [-0.1, -0.05) is 62.9 Å². The van der Waals surface area contributed by atoms with Crippen LogP contribution in [0.15, 0.2) is 24.3 Å². The van der Waals surface area contributed by atoms with Crippen molar-refractivity contribution in [2.75, 3.05) is 0 Å². The van der Waals surface area contributed by atoms with E-state index in [2.05, 4.69) is 5.32 Å². The van der Waals surface area contributed by atoms with Crippen molar-refractivity contribution in [3.63, 3.8) is 0 Å². The maximum atomic E-state index is 12.8. The molecule has 0 spiro atoms. The molecule has 1 aliphatic rings. The summed E-state index contributed by atoms with van der Waals surface area (Å²) in [7, 11) is 0. The van der Waals surface area contributed by atoms with E-state index in [1.165, 1.54) is 19.3 Å². The molecule has 1 fully saturated rings. The molecule has 1 saturated carbocycles. The lowest BCUT2D eigenvalue weighted by atomic mass is 9.95. The fourth-order valence-corrected chi connectivity index (χ4v) is 3.67. The number of carbonyl (C=O) groups excluding carboxylic acids is 2. The highest BCUT2D eigenvalue weighted by Crippen LogP contribution is 2.21. The summed E-state index contributed by atoms with van der Waals surface area (Å²) in [5, 5.41) is 3.79. The minimum absolute atomic E-state index is 0.0226. The first-order chi connectivity index (χ1) is 12.1. The van der Waals surface area contributed by atoms with Crippen molar-refractivity contribution in [3.05, 3.63) is 34.9 Å². The van der Waals surface area contributed by atoms with Gasteiger partial charge in [-0.05, 0) is 30.9 Å². The number of hydrogen-bond donors (Lipinski definition) is 1. The number of nitrogens with one attached hydrogen (secondary N) is 1. The zero-order valence-corrected chi connectivity index (χ0v) is 16.0. The van der Waals surface area contributed by atoms with E-state index in [9.17, 15) is 9.59 Å². The average Bonchev–Trinajstić information content (AvgIpc) is 2.63. The summed E-state index contributed by atoms with van der Waals surface area (Å²) in [6.07, 6.45) is 6.61. The van der Waals surface area contributed by atoms with Gasteiger partial charge in [0.15, 0.2) is 0 Å². The number of hydrogen-bond acceptors (Lipinski definition) is 2. The van der Waals surface area contributed by atoms with E-state index in [0.717, 1.165) is 18.4 Å². The summed E-state index contributed by atoms with van der Waals surface area (Å²) < 4.78 is 0. The molecule has 0 aliphatic heterocycles. The Bertz CT molecular complexity index is 585. The van der Waals surface area contributed by atoms with Gasteiger partial charge < -0.3 is 10.2 Å². The van der Waals surface area contributed by atoms with Gasteiger partial charge in [-0.25, -0.2) is 0 Å². The highest BCUT2D eigenvalue weighted by molar-refractivity contribution is 6.31. The van der Waals surface area contributed by atoms with Crippen LogP contribution in [-0.2, 0) is 16.1 Å². The molecule has 4 nitrogen and oxygen atoms in total. The van der Waals surface area contributed by atoms with E-state index < -0.39 is 6.04 Å². The third-order valence-electron chi connectivity index (χ3n) is 4.94. The lowest BCUT2D eigenvalue weighted by Gasteiger charge is -2.32. The smallest absolute Gasteiger partial charge is 0.243 e. The van der Waals surface area contributed by atoms with E-state index in [4.69, 9.17) is 11.6 Å². The standard InChI is InChI=1S/C20H29ClN2O2/c1-3-18(20(25)22-16-11-6-5-7-12-16)23(19(24)4-2)14-15-10-8-9-13-17(15)21/h8-10,13,16,18H,3-7,11-12,14H2,1-2H3,(H,22,25). The Hall–Kier alpha value is -1.55. The van der Waals surface area contributed by atoms with Crippen molar-refractivity contribution in [3.8, 4) is 0 Å². The lowest BCUT2D eigenvalue weighted by Crippen LogP contribution is -2.51. The van der Waals surface area contributed by atoms with Gasteiger partial charge in [0.2, 0.25) is 11.8 Å². The summed E-state index contributed by atoms with van der Waals surface area (Å²) in [5.41, 5.74) is 0.870. The van der Waals surface area contributed by atoms with Crippen molar-refractivity contribution in [2.24, 2.45) is 0 Å². The lowest BCUT2D eigenvalue weighted by molar-refractivity contribution is -0.141. The highest BCUT2D eigenvalue weighted by Gasteiger charge is 2.29. The molecule has 1 aromatic carbocycles. The van der Waals surface area contributed by atoms with Crippen LogP contribution in [0.5, 0.6) is 0 Å². The maximum absolute atomic E-state index is 12.8. The van der Waals surface area contributed by atoms with Crippen LogP contribution in [0.4, 0.5) is 0 Å². The SMILES string of the molecule is CCC(=O)N(Cc1ccccc1Cl)C(CC)C(=O)NC1CCCCC1. The Morgan fingerprint density at radius 3 is 2.48 bits per heavy atom. The van der Waals surface area contributed by atoms with Gasteiger partial charge in [0.1, 0.15) is 6.04 Å². The van der Waals surface area contributed by atoms with Crippen molar-refractivity contribution in [2.45, 2.75) is 77.4 Å². The first-order valence-electron chi connectivity index (χ1n) is 9.40. The quantitative estimate of drug-likeness (QED) is 0.783. The first kappa shape index (κ1) is 19.8. The topological polar surface area (TPSA) is 49.4 Å². The zero-order valence-electron chi connectivity index (χ0n) is 15.3. The predicted molar refractivity (Wildman–Crippen MR) is 101 cm³/mol. The van der Waals surface area contributed by atoms with Crippen molar-refractivity contribution in [1.29, 1.82) is 0 Å². The number of nitrogens with zero attached hydrogens (tertiary/aromatic N) is 1. The van der Waals surface area contributed by atoms with Gasteiger partial charge in [0.25, 0.3) is 0 Å². The third kappa shape index (κ3) is 5.46. The van der Waals surface area contributed by atoms with Crippen LogP contribution in [0.3, 0.4) is 0 Å². The summed E-state index contributed by atoms with van der Waals surface area (Å²) in [5.74, 6) is -0.0613. The number of carbonyl (C=O) groups is 2. The summed E-state index contributed by atoms with van der Waals surface area (Å²) >= 11 is 6.26. The Morgan fingerprint density at radius 2 is 1.88 bits per heavy atom. The van der Waals surface area contributed by atoms with Crippen LogP contribution in [-0.4, -0.2) is 28.8 Å². The van der Waals surface area contributed by atoms with Gasteiger partial charge in [-0.15, -0.1) is 0 Å². The summed E-state index contributed by atoms with van der Waals surface area (Å²) in [4.78, 5) is 27.0. The van der Waals surface area contributed by atoms with E-state index in [1.807, 2.05) is 38.1 Å². The van der Waals surface area contributed by atoms with E-state index >= 15 is 0 Å². The fraction of sp³-hybridized carbons (Fsp3) is 0.600. The average molecular weight is 365 g/mol. The van der Waals surface area contributed by atoms with Gasteiger partial charge >= 0.3 is 0 Å². The minimum atomic E-state index is -0.453. The van der Waals surface area contributed by atoms with Crippen LogP contribution < -0.4 is 5.32 Å². The van der Waals surface area contributed by atoms with Gasteiger partial charge in [-0.2, -0.15) is 0 Å². The van der Waals surface area contributed by atoms with Crippen LogP contribution in [0.2, 0.25) is 5.02 Å². The molecule has 0 aromatic heterocycles.